The van der Waals surface area contributed by atoms with Crippen molar-refractivity contribution < 1.29 is 10.0 Å². The summed E-state index contributed by atoms with van der Waals surface area (Å²) in [5.41, 5.74) is 5.07. The number of rotatable bonds is 3. The van der Waals surface area contributed by atoms with Gasteiger partial charge in [-0.25, -0.2) is 0 Å². The van der Waals surface area contributed by atoms with E-state index in [9.17, 15) is 4.79 Å². The van der Waals surface area contributed by atoms with Crippen molar-refractivity contribution in [2.45, 2.75) is 52.9 Å². The molecule has 0 unspecified atom stereocenters. The molecule has 0 aliphatic heterocycles. The summed E-state index contributed by atoms with van der Waals surface area (Å²) >= 11 is 0. The molecule has 19 heavy (non-hydrogen) atoms. The molecule has 1 rings (SSSR count). The highest BCUT2D eigenvalue weighted by Gasteiger charge is 2.45. The molecule has 1 aliphatic carbocycles. The smallest absolute Gasteiger partial charge is 0.236 e. The number of carbonyl (C=O) groups excluding carboxylic acids is 1. The molecule has 0 saturated heterocycles. The van der Waals surface area contributed by atoms with Gasteiger partial charge in [-0.3, -0.25) is 4.79 Å². The van der Waals surface area contributed by atoms with Crippen LogP contribution in [0.15, 0.2) is 5.16 Å². The van der Waals surface area contributed by atoms with Crippen LogP contribution in [0.3, 0.4) is 0 Å². The lowest BCUT2D eigenvalue weighted by Crippen LogP contribution is -2.52. The van der Waals surface area contributed by atoms with Gasteiger partial charge in [0.25, 0.3) is 0 Å². The molecule has 5 nitrogen and oxygen atoms in total. The minimum absolute atomic E-state index is 0.0163. The van der Waals surface area contributed by atoms with E-state index in [1.54, 1.807) is 11.9 Å². The molecule has 1 saturated carbocycles. The summed E-state index contributed by atoms with van der Waals surface area (Å²) in [6, 6.07) is 0. The van der Waals surface area contributed by atoms with Crippen molar-refractivity contribution >= 4 is 11.7 Å². The third-order valence-electron chi connectivity index (χ3n) is 3.77. The number of hydrogen-bond acceptors (Lipinski definition) is 3. The van der Waals surface area contributed by atoms with E-state index in [0.29, 0.717) is 19.4 Å². The molecule has 110 valence electrons. The molecule has 1 aliphatic rings. The minimum atomic E-state index is -0.799. The van der Waals surface area contributed by atoms with Gasteiger partial charge in [-0.1, -0.05) is 45.2 Å². The fraction of sp³-hybridized carbons (Fsp3) is 0.857. The number of carbonyl (C=O) groups is 1. The van der Waals surface area contributed by atoms with E-state index in [0.717, 1.165) is 19.3 Å². The molecule has 0 aromatic carbocycles. The van der Waals surface area contributed by atoms with Crippen LogP contribution in [0.25, 0.3) is 0 Å². The fourth-order valence-electron chi connectivity index (χ4n) is 2.98. The van der Waals surface area contributed by atoms with Crippen molar-refractivity contribution in [2.24, 2.45) is 21.7 Å². The largest absolute Gasteiger partial charge is 0.409 e. The Morgan fingerprint density at radius 3 is 2.26 bits per heavy atom. The maximum Gasteiger partial charge on any atom is 0.236 e. The second kappa shape index (κ2) is 5.80. The Morgan fingerprint density at radius 2 is 1.84 bits per heavy atom. The maximum atomic E-state index is 12.8. The maximum absolute atomic E-state index is 12.8. The number of nitrogens with two attached hydrogens (primary N) is 1. The predicted molar refractivity (Wildman–Crippen MR) is 76.0 cm³/mol. The van der Waals surface area contributed by atoms with Gasteiger partial charge in [0, 0.05) is 13.6 Å². The zero-order valence-corrected chi connectivity index (χ0v) is 12.6. The Labute approximate surface area is 115 Å². The van der Waals surface area contributed by atoms with Gasteiger partial charge in [0.15, 0.2) is 5.84 Å². The molecule has 3 N–H and O–H groups in total. The Balaban J connectivity index is 2.95. The van der Waals surface area contributed by atoms with Crippen molar-refractivity contribution in [2.75, 3.05) is 13.6 Å². The summed E-state index contributed by atoms with van der Waals surface area (Å²) < 4.78 is 0. The first-order valence-corrected chi connectivity index (χ1v) is 6.96. The van der Waals surface area contributed by atoms with Crippen molar-refractivity contribution in [3.8, 4) is 0 Å². The molecule has 0 radical (unpaired) electrons. The molecule has 0 atom stereocenters. The Hall–Kier alpha value is -1.26. The normalized spacial score (nSPS) is 20.1. The van der Waals surface area contributed by atoms with Crippen LogP contribution in [0.2, 0.25) is 0 Å². The van der Waals surface area contributed by atoms with Crippen LogP contribution in [-0.2, 0) is 4.79 Å². The van der Waals surface area contributed by atoms with Crippen LogP contribution in [0, 0.1) is 10.8 Å². The lowest BCUT2D eigenvalue weighted by atomic mass is 9.72. The topological polar surface area (TPSA) is 78.9 Å². The molecule has 5 heteroatoms. The number of amidine groups is 1. The molecular weight excluding hydrogens is 242 g/mol. The van der Waals surface area contributed by atoms with E-state index in [-0.39, 0.29) is 17.2 Å². The van der Waals surface area contributed by atoms with Crippen molar-refractivity contribution in [1.82, 2.24) is 4.90 Å². The quantitative estimate of drug-likeness (QED) is 0.357. The van der Waals surface area contributed by atoms with Gasteiger partial charge < -0.3 is 15.8 Å². The summed E-state index contributed by atoms with van der Waals surface area (Å²) in [5, 5.41) is 12.1. The van der Waals surface area contributed by atoms with E-state index in [1.165, 1.54) is 0 Å². The van der Waals surface area contributed by atoms with E-state index in [2.05, 4.69) is 25.9 Å². The SMILES string of the molecule is CN(CC(C)(C)C)C(=O)C1(C(N)=NO)CCCCC1. The van der Waals surface area contributed by atoms with Gasteiger partial charge in [-0.2, -0.15) is 0 Å². The standard InChI is InChI=1S/C14H27N3O2/c1-13(2,3)10-17(4)12(18)14(11(15)16-19)8-6-5-7-9-14/h19H,5-10H2,1-4H3,(H2,15,16). The number of oxime groups is 1. The Morgan fingerprint density at radius 1 is 1.32 bits per heavy atom. The molecule has 1 fully saturated rings. The van der Waals surface area contributed by atoms with Gasteiger partial charge in [0.1, 0.15) is 5.41 Å². The summed E-state index contributed by atoms with van der Waals surface area (Å²) in [7, 11) is 1.80. The number of nitrogens with zero attached hydrogens (tertiary/aromatic N) is 2. The van der Waals surface area contributed by atoms with Crippen LogP contribution < -0.4 is 5.73 Å². The summed E-state index contributed by atoms with van der Waals surface area (Å²) in [5.74, 6) is 0.0513. The van der Waals surface area contributed by atoms with Crippen LogP contribution >= 0.6 is 0 Å². The highest BCUT2D eigenvalue weighted by atomic mass is 16.4. The molecule has 0 spiro atoms. The van der Waals surface area contributed by atoms with E-state index < -0.39 is 5.41 Å². The summed E-state index contributed by atoms with van der Waals surface area (Å²) in [6.07, 6.45) is 4.36. The minimum Gasteiger partial charge on any atom is -0.409 e. The van der Waals surface area contributed by atoms with Gasteiger partial charge in [-0.05, 0) is 18.3 Å². The molecule has 0 aromatic heterocycles. The Kier molecular flexibility index (Phi) is 4.82. The molecule has 1 amide bonds. The van der Waals surface area contributed by atoms with Crippen LogP contribution in [0.1, 0.15) is 52.9 Å². The van der Waals surface area contributed by atoms with Crippen LogP contribution in [0.5, 0.6) is 0 Å². The monoisotopic (exact) mass is 269 g/mol. The van der Waals surface area contributed by atoms with Gasteiger partial charge in [0.05, 0.1) is 0 Å². The highest BCUT2D eigenvalue weighted by Crippen LogP contribution is 2.38. The molecule has 0 aromatic rings. The average Bonchev–Trinajstić information content (AvgIpc) is 2.35. The zero-order valence-electron chi connectivity index (χ0n) is 12.6. The average molecular weight is 269 g/mol. The summed E-state index contributed by atoms with van der Waals surface area (Å²) in [6.45, 7) is 6.93. The third kappa shape index (κ3) is 3.61. The predicted octanol–water partition coefficient (Wildman–Crippen LogP) is 2.19. The lowest BCUT2D eigenvalue weighted by Gasteiger charge is -2.39. The molecule has 0 heterocycles. The van der Waals surface area contributed by atoms with Crippen molar-refractivity contribution in [1.29, 1.82) is 0 Å². The first kappa shape index (κ1) is 15.8. The van der Waals surface area contributed by atoms with Crippen molar-refractivity contribution in [3.05, 3.63) is 0 Å². The number of amides is 1. The Bertz CT molecular complexity index is 352. The van der Waals surface area contributed by atoms with Gasteiger partial charge in [0.2, 0.25) is 5.91 Å². The van der Waals surface area contributed by atoms with E-state index in [1.807, 2.05) is 0 Å². The van der Waals surface area contributed by atoms with Crippen molar-refractivity contribution in [3.63, 3.8) is 0 Å². The van der Waals surface area contributed by atoms with Crippen LogP contribution in [0.4, 0.5) is 0 Å². The zero-order chi connectivity index (χ0) is 14.7. The lowest BCUT2D eigenvalue weighted by molar-refractivity contribution is -0.139. The summed E-state index contributed by atoms with van der Waals surface area (Å²) in [4.78, 5) is 14.5. The highest BCUT2D eigenvalue weighted by molar-refractivity contribution is 6.06. The van der Waals surface area contributed by atoms with Gasteiger partial charge in [-0.15, -0.1) is 0 Å². The second-order valence-electron chi connectivity index (χ2n) is 6.85. The van der Waals surface area contributed by atoms with Crippen LogP contribution in [-0.4, -0.2) is 35.4 Å². The van der Waals surface area contributed by atoms with Gasteiger partial charge >= 0.3 is 0 Å². The molecular formula is C14H27N3O2. The first-order valence-electron chi connectivity index (χ1n) is 6.96. The first-order chi connectivity index (χ1) is 8.73. The fourth-order valence-corrected chi connectivity index (χ4v) is 2.98. The van der Waals surface area contributed by atoms with E-state index in [4.69, 9.17) is 10.9 Å². The van der Waals surface area contributed by atoms with E-state index >= 15 is 0 Å². The third-order valence-corrected chi connectivity index (χ3v) is 3.77. The second-order valence-corrected chi connectivity index (χ2v) is 6.85. The molecule has 0 bridgehead atoms. The number of hydrogen-bond donors (Lipinski definition) is 2.